The summed E-state index contributed by atoms with van der Waals surface area (Å²) in [4.78, 5) is 17.4. The largest absolute Gasteiger partial charge is 0.496 e. The van der Waals surface area contributed by atoms with Crippen LogP contribution in [0.3, 0.4) is 0 Å². The van der Waals surface area contributed by atoms with Crippen LogP contribution in [0.2, 0.25) is 0 Å². The predicted octanol–water partition coefficient (Wildman–Crippen LogP) is 1.54. The lowest BCUT2D eigenvalue weighted by molar-refractivity contribution is 0.0693. The van der Waals surface area contributed by atoms with E-state index < -0.39 is 5.97 Å². The van der Waals surface area contributed by atoms with Crippen LogP contribution in [0.5, 0.6) is 5.75 Å². The summed E-state index contributed by atoms with van der Waals surface area (Å²) in [6.07, 6.45) is 1.42. The topological polar surface area (TPSA) is 94.9 Å². The molecule has 1 unspecified atom stereocenters. The molecule has 2 heterocycles. The first-order chi connectivity index (χ1) is 11.1. The number of anilines is 2. The maximum Gasteiger partial charge on any atom is 0.339 e. The molecule has 7 nitrogen and oxygen atoms in total. The Morgan fingerprint density at radius 1 is 1.43 bits per heavy atom. The number of rotatable bonds is 5. The van der Waals surface area contributed by atoms with Crippen molar-refractivity contribution < 1.29 is 19.7 Å². The summed E-state index contributed by atoms with van der Waals surface area (Å²) in [5.41, 5.74) is 1.90. The summed E-state index contributed by atoms with van der Waals surface area (Å²) in [6, 6.07) is 8.73. The van der Waals surface area contributed by atoms with E-state index in [9.17, 15) is 9.90 Å². The van der Waals surface area contributed by atoms with Crippen LogP contribution in [0.25, 0.3) is 0 Å². The molecular weight excluding hydrogens is 298 g/mol. The van der Waals surface area contributed by atoms with Crippen molar-refractivity contribution in [1.29, 1.82) is 0 Å². The second-order valence-corrected chi connectivity index (χ2v) is 5.18. The van der Waals surface area contributed by atoms with Gasteiger partial charge in [0, 0.05) is 12.7 Å². The minimum Gasteiger partial charge on any atom is -0.496 e. The first-order valence-corrected chi connectivity index (χ1v) is 7.13. The Kier molecular flexibility index (Phi) is 4.03. The van der Waals surface area contributed by atoms with Gasteiger partial charge in [0.05, 0.1) is 19.4 Å². The molecule has 1 aromatic heterocycles. The van der Waals surface area contributed by atoms with Crippen molar-refractivity contribution in [3.63, 3.8) is 0 Å². The average Bonchev–Trinajstić information content (AvgIpc) is 2.92. The molecule has 1 aliphatic heterocycles. The number of nitrogens with zero attached hydrogens (tertiary/aromatic N) is 2. The van der Waals surface area contributed by atoms with Crippen LogP contribution in [0.1, 0.15) is 15.9 Å². The van der Waals surface area contributed by atoms with Crippen LogP contribution < -0.4 is 15.0 Å². The van der Waals surface area contributed by atoms with E-state index >= 15 is 0 Å². The molecule has 1 aliphatic rings. The number of carbonyl (C=O) groups is 1. The molecule has 1 atom stereocenters. The lowest BCUT2D eigenvalue weighted by Gasteiger charge is -2.25. The quantitative estimate of drug-likeness (QED) is 0.770. The van der Waals surface area contributed by atoms with Gasteiger partial charge in [-0.3, -0.25) is 0 Å². The van der Waals surface area contributed by atoms with Crippen molar-refractivity contribution in [3.05, 3.63) is 47.7 Å². The molecule has 0 aliphatic carbocycles. The van der Waals surface area contributed by atoms with Crippen LogP contribution in [0.4, 0.5) is 11.5 Å². The zero-order chi connectivity index (χ0) is 16.4. The number of carboxylic acids is 1. The van der Waals surface area contributed by atoms with Gasteiger partial charge >= 0.3 is 5.97 Å². The number of fused-ring (bicyclic) bond motifs is 1. The highest BCUT2D eigenvalue weighted by molar-refractivity contribution is 5.91. The zero-order valence-corrected chi connectivity index (χ0v) is 12.6. The second-order valence-electron chi connectivity index (χ2n) is 5.18. The maximum absolute atomic E-state index is 11.2. The van der Waals surface area contributed by atoms with Crippen molar-refractivity contribution >= 4 is 17.5 Å². The van der Waals surface area contributed by atoms with Crippen molar-refractivity contribution in [3.8, 4) is 5.75 Å². The van der Waals surface area contributed by atoms with E-state index in [0.717, 1.165) is 17.1 Å². The standard InChI is InChI=1S/C16H17N3O4/c1-23-13-7-10(4-5-11(13)16(21)22)8-19-12-3-2-6-17-15(12)18-14(19)9-20/h2-7,14,20H,8-9H2,1H3,(H,17,18)(H,21,22). The van der Waals surface area contributed by atoms with Gasteiger partial charge < -0.3 is 25.2 Å². The van der Waals surface area contributed by atoms with Gasteiger partial charge in [-0.15, -0.1) is 0 Å². The van der Waals surface area contributed by atoms with Crippen molar-refractivity contribution in [2.75, 3.05) is 23.9 Å². The molecule has 7 heteroatoms. The molecule has 1 aromatic carbocycles. The van der Waals surface area contributed by atoms with Crippen molar-refractivity contribution in [2.24, 2.45) is 0 Å². The Balaban J connectivity index is 1.90. The van der Waals surface area contributed by atoms with E-state index in [0.29, 0.717) is 12.3 Å². The first kappa shape index (κ1) is 15.1. The number of aromatic carboxylic acids is 1. The van der Waals surface area contributed by atoms with Crippen molar-refractivity contribution in [1.82, 2.24) is 4.98 Å². The second kappa shape index (κ2) is 6.13. The molecule has 0 saturated heterocycles. The monoisotopic (exact) mass is 315 g/mol. The number of nitrogens with one attached hydrogen (secondary N) is 1. The number of aromatic nitrogens is 1. The lowest BCUT2D eigenvalue weighted by Crippen LogP contribution is -2.38. The Hall–Kier alpha value is -2.80. The summed E-state index contributed by atoms with van der Waals surface area (Å²) < 4.78 is 5.16. The Morgan fingerprint density at radius 3 is 2.96 bits per heavy atom. The summed E-state index contributed by atoms with van der Waals surface area (Å²) in [5.74, 6) is 0.00815. The highest BCUT2D eigenvalue weighted by atomic mass is 16.5. The van der Waals surface area contributed by atoms with E-state index in [-0.39, 0.29) is 18.3 Å². The maximum atomic E-state index is 11.2. The molecule has 23 heavy (non-hydrogen) atoms. The number of hydrogen-bond donors (Lipinski definition) is 3. The van der Waals surface area contributed by atoms with Gasteiger partial charge in [-0.1, -0.05) is 6.07 Å². The zero-order valence-electron chi connectivity index (χ0n) is 12.6. The summed E-state index contributed by atoms with van der Waals surface area (Å²) in [7, 11) is 1.44. The fourth-order valence-corrected chi connectivity index (χ4v) is 2.69. The predicted molar refractivity (Wildman–Crippen MR) is 84.9 cm³/mol. The van der Waals surface area contributed by atoms with E-state index in [4.69, 9.17) is 9.84 Å². The minimum atomic E-state index is -1.03. The van der Waals surface area contributed by atoms with E-state index in [1.54, 1.807) is 18.3 Å². The molecule has 0 saturated carbocycles. The SMILES string of the molecule is COc1cc(CN2c3cccnc3NC2CO)ccc1C(=O)O. The van der Waals surface area contributed by atoms with Crippen LogP contribution in [-0.2, 0) is 6.54 Å². The third kappa shape index (κ3) is 2.78. The van der Waals surface area contributed by atoms with Gasteiger partial charge in [0.1, 0.15) is 17.5 Å². The van der Waals surface area contributed by atoms with Gasteiger partial charge in [-0.05, 0) is 29.8 Å². The summed E-state index contributed by atoms with van der Waals surface area (Å²) >= 11 is 0. The highest BCUT2D eigenvalue weighted by Crippen LogP contribution is 2.34. The lowest BCUT2D eigenvalue weighted by atomic mass is 10.1. The number of methoxy groups -OCH3 is 1. The first-order valence-electron chi connectivity index (χ1n) is 7.13. The fraction of sp³-hybridized carbons (Fsp3) is 0.250. The number of ether oxygens (including phenoxy) is 1. The van der Waals surface area contributed by atoms with Gasteiger partial charge in [-0.2, -0.15) is 0 Å². The molecule has 3 N–H and O–H groups in total. The van der Waals surface area contributed by atoms with Crippen LogP contribution in [0.15, 0.2) is 36.5 Å². The molecule has 0 bridgehead atoms. The van der Waals surface area contributed by atoms with Gasteiger partial charge in [-0.25, -0.2) is 9.78 Å². The van der Waals surface area contributed by atoms with Gasteiger partial charge in [0.25, 0.3) is 0 Å². The summed E-state index contributed by atoms with van der Waals surface area (Å²) in [5, 5.41) is 21.9. The number of pyridine rings is 1. The smallest absolute Gasteiger partial charge is 0.339 e. The van der Waals surface area contributed by atoms with Gasteiger partial charge in [0.2, 0.25) is 0 Å². The Bertz CT molecular complexity index is 735. The number of aliphatic hydroxyl groups excluding tert-OH is 1. The number of aliphatic hydroxyl groups is 1. The molecule has 0 amide bonds. The fourth-order valence-electron chi connectivity index (χ4n) is 2.69. The molecule has 0 radical (unpaired) electrons. The normalized spacial score (nSPS) is 15.9. The molecule has 0 spiro atoms. The summed E-state index contributed by atoms with van der Waals surface area (Å²) in [6.45, 7) is 0.424. The van der Waals surface area contributed by atoms with Gasteiger partial charge in [0.15, 0.2) is 5.82 Å². The molecular formula is C16H17N3O4. The van der Waals surface area contributed by atoms with E-state index in [2.05, 4.69) is 10.3 Å². The molecule has 2 aromatic rings. The highest BCUT2D eigenvalue weighted by Gasteiger charge is 2.29. The number of hydrogen-bond acceptors (Lipinski definition) is 6. The van der Waals surface area contributed by atoms with Crippen molar-refractivity contribution in [2.45, 2.75) is 12.7 Å². The minimum absolute atomic E-state index is 0.0687. The number of benzene rings is 1. The van der Waals surface area contributed by atoms with E-state index in [1.165, 1.54) is 13.2 Å². The number of carboxylic acid groups (broad SMARTS) is 1. The molecule has 0 fully saturated rings. The van der Waals surface area contributed by atoms with Crippen LogP contribution >= 0.6 is 0 Å². The Labute approximate surface area is 133 Å². The van der Waals surface area contributed by atoms with Crippen LogP contribution in [0, 0.1) is 0 Å². The van der Waals surface area contributed by atoms with Crippen LogP contribution in [-0.4, -0.2) is 41.0 Å². The third-order valence-corrected chi connectivity index (χ3v) is 3.80. The average molecular weight is 315 g/mol. The van der Waals surface area contributed by atoms with E-state index in [1.807, 2.05) is 17.0 Å². The Morgan fingerprint density at radius 2 is 2.26 bits per heavy atom. The third-order valence-electron chi connectivity index (χ3n) is 3.80. The molecule has 120 valence electrons. The molecule has 3 rings (SSSR count).